The molecule has 0 bridgehead atoms. The molecule has 3 aromatic rings. The summed E-state index contributed by atoms with van der Waals surface area (Å²) in [7, 11) is 0. The monoisotopic (exact) mass is 464 g/mol. The maximum absolute atomic E-state index is 12.9. The number of fused-ring (bicyclic) bond motifs is 1. The number of hydrogen-bond acceptors (Lipinski definition) is 5. The number of H-pyrrole nitrogens is 1. The number of nitrogens with two attached hydrogens (primary N) is 1. The molecule has 1 heterocycles. The number of hydrogen-bond donors (Lipinski definition) is 5. The van der Waals surface area contributed by atoms with Crippen LogP contribution in [-0.4, -0.2) is 40.7 Å². The van der Waals surface area contributed by atoms with Gasteiger partial charge in [-0.05, 0) is 61.7 Å². The molecule has 1 aromatic heterocycles. The van der Waals surface area contributed by atoms with E-state index in [1.54, 1.807) is 24.4 Å². The van der Waals surface area contributed by atoms with Crippen LogP contribution in [-0.2, 0) is 11.2 Å². The number of carboxylic acids is 1. The average Bonchev–Trinajstić information content (AvgIpc) is 3.22. The highest BCUT2D eigenvalue weighted by atomic mass is 16.5. The SMILES string of the molecule is CCOc1ccc2[nH]cc(C[C@H](NC(=O)c3ccc(NC4CCCCC4)c(N)c3)C(=O)O)c2c1. The number of carboxylic acid groups (broad SMARTS) is 1. The topological polar surface area (TPSA) is 129 Å². The molecular weight excluding hydrogens is 432 g/mol. The van der Waals surface area contributed by atoms with E-state index in [0.29, 0.717) is 29.6 Å². The number of aromatic nitrogens is 1. The van der Waals surface area contributed by atoms with Crippen LogP contribution in [0.4, 0.5) is 11.4 Å². The minimum absolute atomic E-state index is 0.132. The molecule has 8 heteroatoms. The van der Waals surface area contributed by atoms with Gasteiger partial charge in [0.1, 0.15) is 11.8 Å². The third-order valence-corrected chi connectivity index (χ3v) is 6.36. The highest BCUT2D eigenvalue weighted by Gasteiger charge is 2.23. The standard InChI is InChI=1S/C26H32N4O4/c1-2-34-19-9-11-22-20(14-19)17(15-28-22)13-24(26(32)33)30-25(31)16-8-10-23(21(27)12-16)29-18-6-4-3-5-7-18/h8-12,14-15,18,24,28-29H,2-7,13,27H2,1H3,(H,30,31)(H,32,33)/t24-/m0/s1. The van der Waals surface area contributed by atoms with Gasteiger partial charge < -0.3 is 31.2 Å². The molecule has 0 spiro atoms. The first kappa shape index (κ1) is 23.5. The second-order valence-corrected chi connectivity index (χ2v) is 8.80. The largest absolute Gasteiger partial charge is 0.494 e. The summed E-state index contributed by atoms with van der Waals surface area (Å²) in [5, 5.41) is 16.8. The Labute approximate surface area is 198 Å². The molecule has 1 aliphatic rings. The van der Waals surface area contributed by atoms with Crippen molar-refractivity contribution < 1.29 is 19.4 Å². The van der Waals surface area contributed by atoms with Crippen LogP contribution in [0.2, 0.25) is 0 Å². The van der Waals surface area contributed by atoms with Gasteiger partial charge in [0.2, 0.25) is 0 Å². The van der Waals surface area contributed by atoms with E-state index in [9.17, 15) is 14.7 Å². The maximum Gasteiger partial charge on any atom is 0.326 e. The summed E-state index contributed by atoms with van der Waals surface area (Å²) in [6.07, 6.45) is 7.81. The van der Waals surface area contributed by atoms with Crippen LogP contribution in [0.5, 0.6) is 5.75 Å². The summed E-state index contributed by atoms with van der Waals surface area (Å²) in [5.74, 6) is -0.866. The lowest BCUT2D eigenvalue weighted by Crippen LogP contribution is -2.42. The van der Waals surface area contributed by atoms with E-state index < -0.39 is 17.9 Å². The van der Waals surface area contributed by atoms with E-state index >= 15 is 0 Å². The van der Waals surface area contributed by atoms with Gasteiger partial charge in [-0.25, -0.2) is 4.79 Å². The lowest BCUT2D eigenvalue weighted by molar-refractivity contribution is -0.139. The van der Waals surface area contributed by atoms with E-state index in [2.05, 4.69) is 15.6 Å². The van der Waals surface area contributed by atoms with Crippen molar-refractivity contribution in [2.75, 3.05) is 17.7 Å². The molecule has 0 unspecified atom stereocenters. The molecule has 4 rings (SSSR count). The number of anilines is 2. The fourth-order valence-corrected chi connectivity index (χ4v) is 4.55. The Morgan fingerprint density at radius 2 is 1.97 bits per heavy atom. The van der Waals surface area contributed by atoms with Crippen molar-refractivity contribution >= 4 is 34.2 Å². The zero-order chi connectivity index (χ0) is 24.1. The number of carbonyl (C=O) groups excluding carboxylic acids is 1. The van der Waals surface area contributed by atoms with E-state index in [0.717, 1.165) is 35.0 Å². The summed E-state index contributed by atoms with van der Waals surface area (Å²) in [6, 6.07) is 10.0. The fourth-order valence-electron chi connectivity index (χ4n) is 4.55. The molecule has 1 atom stereocenters. The average molecular weight is 465 g/mol. The summed E-state index contributed by atoms with van der Waals surface area (Å²) >= 11 is 0. The molecule has 0 radical (unpaired) electrons. The van der Waals surface area contributed by atoms with Crippen molar-refractivity contribution in [1.82, 2.24) is 10.3 Å². The Bertz CT molecular complexity index is 1170. The Kier molecular flexibility index (Phi) is 7.25. The second kappa shape index (κ2) is 10.5. The molecule has 1 fully saturated rings. The van der Waals surface area contributed by atoms with E-state index in [-0.39, 0.29) is 6.42 Å². The van der Waals surface area contributed by atoms with Crippen LogP contribution in [0.3, 0.4) is 0 Å². The van der Waals surface area contributed by atoms with Gasteiger partial charge in [-0.1, -0.05) is 19.3 Å². The van der Waals surface area contributed by atoms with Crippen molar-refractivity contribution in [1.29, 1.82) is 0 Å². The first-order valence-electron chi connectivity index (χ1n) is 11.9. The lowest BCUT2D eigenvalue weighted by Gasteiger charge is -2.24. The molecular formula is C26H32N4O4. The third kappa shape index (κ3) is 5.44. The zero-order valence-corrected chi connectivity index (χ0v) is 19.4. The molecule has 1 aliphatic carbocycles. The van der Waals surface area contributed by atoms with E-state index in [4.69, 9.17) is 10.5 Å². The number of nitrogens with one attached hydrogen (secondary N) is 3. The van der Waals surface area contributed by atoms with Gasteiger partial charge in [0, 0.05) is 35.1 Å². The van der Waals surface area contributed by atoms with Gasteiger partial charge in [-0.15, -0.1) is 0 Å². The Morgan fingerprint density at radius 3 is 2.68 bits per heavy atom. The van der Waals surface area contributed by atoms with E-state index in [1.165, 1.54) is 19.3 Å². The molecule has 0 saturated heterocycles. The minimum Gasteiger partial charge on any atom is -0.494 e. The number of amides is 1. The Morgan fingerprint density at radius 1 is 1.18 bits per heavy atom. The molecule has 1 saturated carbocycles. The van der Waals surface area contributed by atoms with Crippen molar-refractivity contribution in [3.05, 3.63) is 53.7 Å². The van der Waals surface area contributed by atoms with Gasteiger partial charge in [-0.3, -0.25) is 4.79 Å². The number of aromatic amines is 1. The van der Waals surface area contributed by atoms with Gasteiger partial charge in [0.25, 0.3) is 5.91 Å². The third-order valence-electron chi connectivity index (χ3n) is 6.36. The van der Waals surface area contributed by atoms with Crippen LogP contribution in [0, 0.1) is 0 Å². The van der Waals surface area contributed by atoms with Crippen molar-refractivity contribution in [2.45, 2.75) is 57.5 Å². The number of carbonyl (C=O) groups is 2. The van der Waals surface area contributed by atoms with Crippen LogP contribution in [0.15, 0.2) is 42.6 Å². The zero-order valence-electron chi connectivity index (χ0n) is 19.4. The van der Waals surface area contributed by atoms with Crippen LogP contribution < -0.4 is 21.1 Å². The highest BCUT2D eigenvalue weighted by Crippen LogP contribution is 2.27. The highest BCUT2D eigenvalue weighted by molar-refractivity contribution is 5.98. The van der Waals surface area contributed by atoms with Crippen LogP contribution in [0.25, 0.3) is 10.9 Å². The number of benzene rings is 2. The van der Waals surface area contributed by atoms with Gasteiger partial charge >= 0.3 is 5.97 Å². The smallest absolute Gasteiger partial charge is 0.326 e. The second-order valence-electron chi connectivity index (χ2n) is 8.80. The first-order chi connectivity index (χ1) is 16.4. The minimum atomic E-state index is -1.10. The predicted molar refractivity (Wildman–Crippen MR) is 133 cm³/mol. The molecule has 180 valence electrons. The normalized spacial score (nSPS) is 15.1. The van der Waals surface area contributed by atoms with Crippen molar-refractivity contribution in [3.63, 3.8) is 0 Å². The van der Waals surface area contributed by atoms with Crippen molar-refractivity contribution in [3.8, 4) is 5.75 Å². The number of ether oxygens (including phenoxy) is 1. The molecule has 34 heavy (non-hydrogen) atoms. The summed E-state index contributed by atoms with van der Waals surface area (Å²) in [5.41, 5.74) is 9.48. The number of aliphatic carboxylic acids is 1. The number of rotatable bonds is 9. The van der Waals surface area contributed by atoms with Crippen LogP contribution >= 0.6 is 0 Å². The number of nitrogen functional groups attached to an aromatic ring is 1. The molecule has 8 nitrogen and oxygen atoms in total. The molecule has 0 aliphatic heterocycles. The summed E-state index contributed by atoms with van der Waals surface area (Å²) in [4.78, 5) is 28.0. The summed E-state index contributed by atoms with van der Waals surface area (Å²) < 4.78 is 5.56. The molecule has 2 aromatic carbocycles. The van der Waals surface area contributed by atoms with Gasteiger partial charge in [0.05, 0.1) is 18.0 Å². The Hall–Kier alpha value is -3.68. The fraction of sp³-hybridized carbons (Fsp3) is 0.385. The summed E-state index contributed by atoms with van der Waals surface area (Å²) in [6.45, 7) is 2.45. The Balaban J connectivity index is 1.46. The lowest BCUT2D eigenvalue weighted by atomic mass is 9.95. The van der Waals surface area contributed by atoms with Gasteiger partial charge in [0.15, 0.2) is 0 Å². The predicted octanol–water partition coefficient (Wildman–Crippen LogP) is 4.32. The maximum atomic E-state index is 12.9. The molecule has 6 N–H and O–H groups in total. The quantitative estimate of drug-likeness (QED) is 0.300. The van der Waals surface area contributed by atoms with Crippen molar-refractivity contribution in [2.24, 2.45) is 0 Å². The van der Waals surface area contributed by atoms with Gasteiger partial charge in [-0.2, -0.15) is 0 Å². The van der Waals surface area contributed by atoms with E-state index in [1.807, 2.05) is 25.1 Å². The van der Waals surface area contributed by atoms with Crippen LogP contribution in [0.1, 0.15) is 54.9 Å². The molecule has 1 amide bonds. The first-order valence-corrected chi connectivity index (χ1v) is 11.9.